The van der Waals surface area contributed by atoms with E-state index in [-0.39, 0.29) is 5.54 Å². The number of hydrogen-bond donors (Lipinski definition) is 0. The molecule has 1 fully saturated rings. The van der Waals surface area contributed by atoms with Gasteiger partial charge in [0, 0.05) is 35.1 Å². The van der Waals surface area contributed by atoms with Gasteiger partial charge in [-0.15, -0.1) is 0 Å². The lowest BCUT2D eigenvalue weighted by molar-refractivity contribution is 0.00473. The fourth-order valence-corrected chi connectivity index (χ4v) is 2.47. The van der Waals surface area contributed by atoms with Gasteiger partial charge in [-0.2, -0.15) is 0 Å². The third-order valence-electron chi connectivity index (χ3n) is 3.42. The summed E-state index contributed by atoms with van der Waals surface area (Å²) in [6.45, 7) is 8.01. The van der Waals surface area contributed by atoms with Gasteiger partial charge in [0.25, 0.3) is 0 Å². The van der Waals surface area contributed by atoms with Gasteiger partial charge in [-0.1, -0.05) is 23.4 Å². The van der Waals surface area contributed by atoms with Crippen LogP contribution in [0.4, 0.5) is 0 Å². The van der Waals surface area contributed by atoms with Crippen molar-refractivity contribution < 1.29 is 0 Å². The molecule has 0 spiro atoms. The molecule has 1 aromatic carbocycles. The highest BCUT2D eigenvalue weighted by atomic mass is 35.5. The maximum Gasteiger partial charge on any atom is 0.0406 e. The third-order valence-corrected chi connectivity index (χ3v) is 3.67. The highest BCUT2D eigenvalue weighted by Gasteiger charge is 2.35. The topological polar surface area (TPSA) is 3.24 Å². The van der Waals surface area contributed by atoms with Gasteiger partial charge in [0.05, 0.1) is 0 Å². The van der Waals surface area contributed by atoms with Crippen molar-refractivity contribution in [3.05, 3.63) is 34.9 Å². The molecule has 0 radical (unpaired) electrons. The molecule has 18 heavy (non-hydrogen) atoms. The number of hydrogen-bond acceptors (Lipinski definition) is 1. The second-order valence-electron chi connectivity index (χ2n) is 5.82. The molecule has 0 amide bonds. The van der Waals surface area contributed by atoms with E-state index in [2.05, 4.69) is 37.5 Å². The van der Waals surface area contributed by atoms with Crippen LogP contribution in [0.15, 0.2) is 24.3 Å². The molecule has 96 valence electrons. The molecule has 2 rings (SSSR count). The smallest absolute Gasteiger partial charge is 0.0406 e. The Morgan fingerprint density at radius 2 is 1.94 bits per heavy atom. The molecule has 1 nitrogen and oxygen atoms in total. The van der Waals surface area contributed by atoms with Gasteiger partial charge < -0.3 is 0 Å². The molecule has 0 aliphatic carbocycles. The van der Waals surface area contributed by atoms with E-state index < -0.39 is 0 Å². The zero-order valence-electron chi connectivity index (χ0n) is 11.3. The van der Waals surface area contributed by atoms with Crippen LogP contribution in [0.1, 0.15) is 39.2 Å². The van der Waals surface area contributed by atoms with Crippen molar-refractivity contribution >= 4 is 11.6 Å². The number of rotatable bonds is 1. The summed E-state index contributed by atoms with van der Waals surface area (Å²) < 4.78 is 0. The summed E-state index contributed by atoms with van der Waals surface area (Å²) >= 11 is 5.84. The molecular weight excluding hydrogens is 242 g/mol. The predicted molar refractivity (Wildman–Crippen MR) is 77.8 cm³/mol. The van der Waals surface area contributed by atoms with Crippen LogP contribution in [0.5, 0.6) is 0 Å². The van der Waals surface area contributed by atoms with Gasteiger partial charge in [-0.05, 0) is 51.5 Å². The highest BCUT2D eigenvalue weighted by molar-refractivity contribution is 6.30. The second kappa shape index (κ2) is 5.34. The predicted octanol–water partition coefficient (Wildman–Crippen LogP) is 3.95. The zero-order valence-corrected chi connectivity index (χ0v) is 12.1. The van der Waals surface area contributed by atoms with Crippen molar-refractivity contribution in [2.45, 2.75) is 45.2 Å². The normalized spacial score (nSPS) is 19.9. The summed E-state index contributed by atoms with van der Waals surface area (Å²) in [4.78, 5) is 2.53. The van der Waals surface area contributed by atoms with Gasteiger partial charge in [0.1, 0.15) is 0 Å². The van der Waals surface area contributed by atoms with E-state index >= 15 is 0 Å². The van der Waals surface area contributed by atoms with Crippen LogP contribution in [0, 0.1) is 11.8 Å². The minimum Gasteiger partial charge on any atom is -0.294 e. The van der Waals surface area contributed by atoms with E-state index in [1.807, 2.05) is 24.3 Å². The number of nitrogens with zero attached hydrogens (tertiary/aromatic N) is 1. The Bertz CT molecular complexity index is 459. The third kappa shape index (κ3) is 3.28. The molecule has 1 aliphatic heterocycles. The van der Waals surface area contributed by atoms with Gasteiger partial charge in [0.15, 0.2) is 0 Å². The van der Waals surface area contributed by atoms with Crippen LogP contribution in [0.25, 0.3) is 0 Å². The average molecular weight is 262 g/mol. The van der Waals surface area contributed by atoms with Crippen LogP contribution in [0.3, 0.4) is 0 Å². The van der Waals surface area contributed by atoms with Crippen LogP contribution in [0.2, 0.25) is 5.02 Å². The van der Waals surface area contributed by atoms with E-state index in [9.17, 15) is 0 Å². The zero-order chi connectivity index (χ0) is 13.2. The molecular formula is C16H20ClN. The molecule has 1 heterocycles. The van der Waals surface area contributed by atoms with Crippen molar-refractivity contribution in [2.75, 3.05) is 6.54 Å². The number of halogens is 1. The van der Waals surface area contributed by atoms with Crippen molar-refractivity contribution in [2.24, 2.45) is 0 Å². The average Bonchev–Trinajstić information content (AvgIpc) is 2.22. The van der Waals surface area contributed by atoms with Crippen molar-refractivity contribution in [1.82, 2.24) is 4.90 Å². The Balaban J connectivity index is 1.91. The Hall–Kier alpha value is -0.970. The monoisotopic (exact) mass is 261 g/mol. The molecule has 1 unspecified atom stereocenters. The maximum absolute atomic E-state index is 5.84. The van der Waals surface area contributed by atoms with Gasteiger partial charge in [-0.25, -0.2) is 0 Å². The van der Waals surface area contributed by atoms with E-state index in [1.54, 1.807) is 0 Å². The molecule has 0 aromatic heterocycles. The first-order valence-corrected chi connectivity index (χ1v) is 6.86. The fourth-order valence-electron chi connectivity index (χ4n) is 2.34. The maximum atomic E-state index is 5.84. The van der Waals surface area contributed by atoms with Crippen molar-refractivity contribution in [3.63, 3.8) is 0 Å². The lowest BCUT2D eigenvalue weighted by Gasteiger charge is -2.49. The van der Waals surface area contributed by atoms with E-state index in [0.717, 1.165) is 17.0 Å². The molecule has 0 saturated carbocycles. The molecule has 1 aliphatic rings. The van der Waals surface area contributed by atoms with Crippen molar-refractivity contribution in [3.8, 4) is 11.8 Å². The standard InChI is InChI=1S/C16H20ClN/c1-16(2,3)18-12-11-15(18)6-4-5-13-7-9-14(17)10-8-13/h7-10,15H,6,11-12H2,1-3H3. The first-order valence-electron chi connectivity index (χ1n) is 6.48. The Morgan fingerprint density at radius 3 is 2.44 bits per heavy atom. The van der Waals surface area contributed by atoms with E-state index in [4.69, 9.17) is 11.6 Å². The summed E-state index contributed by atoms with van der Waals surface area (Å²) in [5, 5.41) is 0.762. The first kappa shape index (κ1) is 13.5. The minimum atomic E-state index is 0.269. The van der Waals surface area contributed by atoms with Crippen LogP contribution < -0.4 is 0 Å². The molecule has 0 N–H and O–H groups in total. The summed E-state index contributed by atoms with van der Waals surface area (Å²) in [7, 11) is 0. The lowest BCUT2D eigenvalue weighted by Crippen LogP contribution is -2.56. The Labute approximate surface area is 115 Å². The molecule has 1 atom stereocenters. The fraction of sp³-hybridized carbons (Fsp3) is 0.500. The summed E-state index contributed by atoms with van der Waals surface area (Å²) in [5.74, 6) is 6.50. The van der Waals surface area contributed by atoms with Gasteiger partial charge in [-0.3, -0.25) is 4.90 Å². The van der Waals surface area contributed by atoms with Crippen molar-refractivity contribution in [1.29, 1.82) is 0 Å². The van der Waals surface area contributed by atoms with Gasteiger partial charge >= 0.3 is 0 Å². The summed E-state index contributed by atoms with van der Waals surface area (Å²) in [6.07, 6.45) is 2.23. The molecule has 0 bridgehead atoms. The molecule has 2 heteroatoms. The number of likely N-dealkylation sites (tertiary alicyclic amines) is 1. The quantitative estimate of drug-likeness (QED) is 0.692. The molecule has 1 aromatic rings. The second-order valence-corrected chi connectivity index (χ2v) is 6.26. The summed E-state index contributed by atoms with van der Waals surface area (Å²) in [5.41, 5.74) is 1.31. The van der Waals surface area contributed by atoms with E-state index in [1.165, 1.54) is 13.0 Å². The highest BCUT2D eigenvalue weighted by Crippen LogP contribution is 2.28. The first-order chi connectivity index (χ1) is 8.47. The molecule has 1 saturated heterocycles. The largest absolute Gasteiger partial charge is 0.294 e. The van der Waals surface area contributed by atoms with Crippen LogP contribution in [-0.2, 0) is 0 Å². The SMILES string of the molecule is CC(C)(C)N1CCC1CC#Cc1ccc(Cl)cc1. The van der Waals surface area contributed by atoms with E-state index in [0.29, 0.717) is 6.04 Å². The van der Waals surface area contributed by atoms with Crippen LogP contribution in [-0.4, -0.2) is 23.0 Å². The van der Waals surface area contributed by atoms with Crippen LogP contribution >= 0.6 is 11.6 Å². The Morgan fingerprint density at radius 1 is 1.28 bits per heavy atom. The number of benzene rings is 1. The minimum absolute atomic E-state index is 0.269. The lowest BCUT2D eigenvalue weighted by atomic mass is 9.91. The van der Waals surface area contributed by atoms with Gasteiger partial charge in [0.2, 0.25) is 0 Å². The Kier molecular flexibility index (Phi) is 4.00. The summed E-state index contributed by atoms with van der Waals surface area (Å²) in [6, 6.07) is 8.34.